The second-order valence-electron chi connectivity index (χ2n) is 6.03. The van der Waals surface area contributed by atoms with E-state index in [-0.39, 0.29) is 12.4 Å². The number of fused-ring (bicyclic) bond motifs is 1. The van der Waals surface area contributed by atoms with E-state index in [4.69, 9.17) is 10.5 Å². The molecular formula is C21H20N2O3S. The van der Waals surface area contributed by atoms with Gasteiger partial charge in [0.05, 0.1) is 18.0 Å². The van der Waals surface area contributed by atoms with E-state index in [2.05, 4.69) is 4.98 Å². The first-order chi connectivity index (χ1) is 12.9. The lowest BCUT2D eigenvalue weighted by atomic mass is 9.98. The molecule has 0 spiro atoms. The van der Waals surface area contributed by atoms with Crippen molar-refractivity contribution in [1.82, 2.24) is 4.98 Å². The number of carbonyl (C=O) groups is 2. The number of ether oxygens (including phenoxy) is 1. The fourth-order valence-electron chi connectivity index (χ4n) is 3.00. The summed E-state index contributed by atoms with van der Waals surface area (Å²) < 4.78 is 5.09. The molecule has 2 heterocycles. The third-order valence-corrected chi connectivity index (χ3v) is 5.23. The van der Waals surface area contributed by atoms with Gasteiger partial charge in [-0.3, -0.25) is 4.79 Å². The van der Waals surface area contributed by atoms with Crippen LogP contribution in [0.5, 0.6) is 0 Å². The van der Waals surface area contributed by atoms with Gasteiger partial charge in [-0.2, -0.15) is 0 Å². The predicted octanol–water partition coefficient (Wildman–Crippen LogP) is 4.74. The van der Waals surface area contributed by atoms with Gasteiger partial charge in [0.1, 0.15) is 9.71 Å². The largest absolute Gasteiger partial charge is 0.462 e. The van der Waals surface area contributed by atoms with Gasteiger partial charge in [0, 0.05) is 10.9 Å². The Morgan fingerprint density at radius 3 is 2.56 bits per heavy atom. The predicted molar refractivity (Wildman–Crippen MR) is 110 cm³/mol. The standard InChI is InChI=1S/C21H20N2O3S/c1-4-26-21(25)19-18(22)17-15(11-10-14-8-6-5-7-9-14)16(13(3)24)12(2)23-20(17)27-19/h5-11H,4,22H2,1-3H3. The number of pyridine rings is 1. The van der Waals surface area contributed by atoms with Crippen LogP contribution in [0.25, 0.3) is 22.4 Å². The molecule has 2 aromatic heterocycles. The van der Waals surface area contributed by atoms with Crippen molar-refractivity contribution < 1.29 is 14.3 Å². The third-order valence-electron chi connectivity index (χ3n) is 4.15. The number of hydrogen-bond donors (Lipinski definition) is 1. The highest BCUT2D eigenvalue weighted by molar-refractivity contribution is 7.21. The summed E-state index contributed by atoms with van der Waals surface area (Å²) in [5.41, 5.74) is 9.38. The fraction of sp³-hybridized carbons (Fsp3) is 0.190. The number of benzene rings is 1. The molecule has 138 valence electrons. The summed E-state index contributed by atoms with van der Waals surface area (Å²) in [4.78, 5) is 30.0. The number of Topliss-reactive ketones (excluding diaryl/α,β-unsaturated/α-hetero) is 1. The Hall–Kier alpha value is -2.99. The van der Waals surface area contributed by atoms with E-state index in [0.29, 0.717) is 37.6 Å². The number of carbonyl (C=O) groups excluding carboxylic acids is 2. The highest BCUT2D eigenvalue weighted by Gasteiger charge is 2.23. The summed E-state index contributed by atoms with van der Waals surface area (Å²) in [6, 6.07) is 9.76. The number of aryl methyl sites for hydroxylation is 1. The zero-order chi connectivity index (χ0) is 19.6. The van der Waals surface area contributed by atoms with Crippen LogP contribution in [0.1, 0.15) is 50.7 Å². The Kier molecular flexibility index (Phi) is 5.37. The molecular weight excluding hydrogens is 360 g/mol. The van der Waals surface area contributed by atoms with E-state index in [9.17, 15) is 9.59 Å². The molecule has 0 fully saturated rings. The van der Waals surface area contributed by atoms with Gasteiger partial charge in [-0.1, -0.05) is 42.5 Å². The average Bonchev–Trinajstić information content (AvgIpc) is 2.96. The van der Waals surface area contributed by atoms with Gasteiger partial charge in [0.2, 0.25) is 0 Å². The van der Waals surface area contributed by atoms with E-state index in [0.717, 1.165) is 5.56 Å². The van der Waals surface area contributed by atoms with Crippen molar-refractivity contribution in [1.29, 1.82) is 0 Å². The average molecular weight is 380 g/mol. The van der Waals surface area contributed by atoms with Crippen molar-refractivity contribution in [3.8, 4) is 0 Å². The maximum atomic E-state index is 12.3. The summed E-state index contributed by atoms with van der Waals surface area (Å²) in [5, 5.41) is 0.617. The molecule has 27 heavy (non-hydrogen) atoms. The van der Waals surface area contributed by atoms with Crippen molar-refractivity contribution in [2.24, 2.45) is 0 Å². The maximum absolute atomic E-state index is 12.3. The molecule has 0 radical (unpaired) electrons. The minimum atomic E-state index is -0.474. The highest BCUT2D eigenvalue weighted by Crippen LogP contribution is 2.38. The van der Waals surface area contributed by atoms with Gasteiger partial charge in [-0.05, 0) is 31.9 Å². The lowest BCUT2D eigenvalue weighted by Crippen LogP contribution is -2.06. The summed E-state index contributed by atoms with van der Waals surface area (Å²) >= 11 is 1.19. The van der Waals surface area contributed by atoms with Crippen LogP contribution in [0, 0.1) is 6.92 Å². The number of anilines is 1. The molecule has 2 N–H and O–H groups in total. The number of thiophene rings is 1. The number of hydrogen-bond acceptors (Lipinski definition) is 6. The monoisotopic (exact) mass is 380 g/mol. The summed E-state index contributed by atoms with van der Waals surface area (Å²) in [6.45, 7) is 5.30. The Labute approximate surface area is 161 Å². The second kappa shape index (κ2) is 7.72. The molecule has 5 nitrogen and oxygen atoms in total. The molecule has 3 rings (SSSR count). The molecule has 0 atom stereocenters. The van der Waals surface area contributed by atoms with Crippen LogP contribution in [0.2, 0.25) is 0 Å². The van der Waals surface area contributed by atoms with Crippen molar-refractivity contribution in [2.75, 3.05) is 12.3 Å². The van der Waals surface area contributed by atoms with Gasteiger partial charge < -0.3 is 10.5 Å². The Balaban J connectivity index is 2.27. The molecule has 3 aromatic rings. The molecule has 0 saturated heterocycles. The first-order valence-electron chi connectivity index (χ1n) is 8.57. The van der Waals surface area contributed by atoms with Crippen LogP contribution in [0.15, 0.2) is 30.3 Å². The molecule has 0 bridgehead atoms. The van der Waals surface area contributed by atoms with E-state index < -0.39 is 5.97 Å². The third kappa shape index (κ3) is 3.61. The van der Waals surface area contributed by atoms with Crippen molar-refractivity contribution >= 4 is 51.1 Å². The topological polar surface area (TPSA) is 82.3 Å². The molecule has 0 unspecified atom stereocenters. The quantitative estimate of drug-likeness (QED) is 0.511. The molecule has 6 heteroatoms. The number of nitrogens with two attached hydrogens (primary N) is 1. The van der Waals surface area contributed by atoms with E-state index in [1.54, 1.807) is 13.8 Å². The SMILES string of the molecule is CCOC(=O)c1sc2nc(C)c(C(C)=O)c(C=Cc3ccccc3)c2c1N. The van der Waals surface area contributed by atoms with Crippen LogP contribution in [0.3, 0.4) is 0 Å². The molecule has 0 saturated carbocycles. The zero-order valence-corrected chi connectivity index (χ0v) is 16.2. The number of rotatable bonds is 5. The van der Waals surface area contributed by atoms with Crippen LogP contribution in [-0.2, 0) is 4.74 Å². The molecule has 0 aliphatic carbocycles. The Morgan fingerprint density at radius 1 is 1.22 bits per heavy atom. The van der Waals surface area contributed by atoms with Crippen molar-refractivity contribution in [2.45, 2.75) is 20.8 Å². The number of ketones is 1. The minimum absolute atomic E-state index is 0.0992. The van der Waals surface area contributed by atoms with E-state index in [1.807, 2.05) is 42.5 Å². The van der Waals surface area contributed by atoms with E-state index in [1.165, 1.54) is 18.3 Å². The molecule has 0 aliphatic heterocycles. The van der Waals surface area contributed by atoms with Crippen LogP contribution in [-0.4, -0.2) is 23.3 Å². The second-order valence-corrected chi connectivity index (χ2v) is 7.03. The van der Waals surface area contributed by atoms with Crippen LogP contribution >= 0.6 is 11.3 Å². The number of aromatic nitrogens is 1. The van der Waals surface area contributed by atoms with Crippen LogP contribution in [0.4, 0.5) is 5.69 Å². The van der Waals surface area contributed by atoms with Crippen LogP contribution < -0.4 is 5.73 Å². The summed E-state index contributed by atoms with van der Waals surface area (Å²) in [7, 11) is 0. The fourth-order valence-corrected chi connectivity index (χ4v) is 4.05. The number of nitrogen functional groups attached to an aromatic ring is 1. The Bertz CT molecular complexity index is 1050. The lowest BCUT2D eigenvalue weighted by molar-refractivity contribution is 0.0533. The molecule has 0 aliphatic rings. The van der Waals surface area contributed by atoms with E-state index >= 15 is 0 Å². The van der Waals surface area contributed by atoms with Crippen molar-refractivity contribution in [3.05, 3.63) is 57.6 Å². The zero-order valence-electron chi connectivity index (χ0n) is 15.4. The van der Waals surface area contributed by atoms with Gasteiger partial charge in [-0.25, -0.2) is 9.78 Å². The number of nitrogens with zero attached hydrogens (tertiary/aromatic N) is 1. The van der Waals surface area contributed by atoms with Gasteiger partial charge in [0.25, 0.3) is 0 Å². The van der Waals surface area contributed by atoms with Gasteiger partial charge in [0.15, 0.2) is 5.78 Å². The van der Waals surface area contributed by atoms with Gasteiger partial charge in [-0.15, -0.1) is 11.3 Å². The highest BCUT2D eigenvalue weighted by atomic mass is 32.1. The first-order valence-corrected chi connectivity index (χ1v) is 9.39. The van der Waals surface area contributed by atoms with Gasteiger partial charge >= 0.3 is 5.97 Å². The normalized spacial score (nSPS) is 11.2. The smallest absolute Gasteiger partial charge is 0.350 e. The molecule has 1 aromatic carbocycles. The lowest BCUT2D eigenvalue weighted by Gasteiger charge is -2.09. The summed E-state index contributed by atoms with van der Waals surface area (Å²) in [6.07, 6.45) is 3.78. The minimum Gasteiger partial charge on any atom is -0.462 e. The Morgan fingerprint density at radius 2 is 1.93 bits per heavy atom. The van der Waals surface area contributed by atoms with Crippen molar-refractivity contribution in [3.63, 3.8) is 0 Å². The molecule has 0 amide bonds. The maximum Gasteiger partial charge on any atom is 0.350 e. The number of esters is 1. The summed E-state index contributed by atoms with van der Waals surface area (Å²) in [5.74, 6) is -0.573. The first kappa shape index (κ1) is 18.8.